The highest BCUT2D eigenvalue weighted by molar-refractivity contribution is 5.80. The summed E-state index contributed by atoms with van der Waals surface area (Å²) >= 11 is 0. The Balaban J connectivity index is 1.32. The number of aromatic amines is 1. The van der Waals surface area contributed by atoms with Crippen molar-refractivity contribution in [3.63, 3.8) is 0 Å². The van der Waals surface area contributed by atoms with Gasteiger partial charge in [-0.25, -0.2) is 9.98 Å². The lowest BCUT2D eigenvalue weighted by molar-refractivity contribution is 0.203. The van der Waals surface area contributed by atoms with Crippen LogP contribution in [0.25, 0.3) is 0 Å². The van der Waals surface area contributed by atoms with E-state index in [2.05, 4.69) is 61.5 Å². The number of aliphatic imine (C=N–C) groups is 1. The highest BCUT2D eigenvalue weighted by Gasteiger charge is 2.24. The molecule has 0 atom stereocenters. The van der Waals surface area contributed by atoms with E-state index in [1.54, 1.807) is 6.33 Å². The van der Waals surface area contributed by atoms with E-state index < -0.39 is 0 Å². The summed E-state index contributed by atoms with van der Waals surface area (Å²) in [6.45, 7) is 7.97. The van der Waals surface area contributed by atoms with Crippen LogP contribution >= 0.6 is 0 Å². The minimum atomic E-state index is 0.316. The third kappa shape index (κ3) is 5.55. The molecule has 3 heterocycles. The van der Waals surface area contributed by atoms with Crippen LogP contribution in [0.2, 0.25) is 0 Å². The number of rotatable bonds is 6. The molecule has 1 aromatic heterocycles. The first-order valence-corrected chi connectivity index (χ1v) is 11.6. The van der Waals surface area contributed by atoms with Crippen LogP contribution in [-0.2, 0) is 6.54 Å². The van der Waals surface area contributed by atoms with Gasteiger partial charge in [0, 0.05) is 50.9 Å². The first kappa shape index (κ1) is 21.6. The van der Waals surface area contributed by atoms with Gasteiger partial charge in [0.1, 0.15) is 12.2 Å². The molecule has 2 fully saturated rings. The van der Waals surface area contributed by atoms with Crippen LogP contribution in [0.1, 0.15) is 49.9 Å². The molecule has 0 spiro atoms. The van der Waals surface area contributed by atoms with E-state index in [4.69, 9.17) is 4.99 Å². The number of H-pyrrole nitrogens is 1. The van der Waals surface area contributed by atoms with Crippen LogP contribution < -0.4 is 10.2 Å². The standard InChI is InChI=1S/C23H35N7O/c1-2-24-23(30-13-9-20(10-14-30)22-26-17-27-28-22)25-15-18-3-5-21(6-4-18)29-11-7-19(16-31)8-12-29/h3-6,17,19-20,31H,2,7-16H2,1H3,(H,24,25)(H,26,27,28). The summed E-state index contributed by atoms with van der Waals surface area (Å²) in [5, 5.41) is 19.8. The highest BCUT2D eigenvalue weighted by Crippen LogP contribution is 2.25. The molecule has 0 aliphatic carbocycles. The Morgan fingerprint density at radius 1 is 1.13 bits per heavy atom. The van der Waals surface area contributed by atoms with Crippen LogP contribution in [0.5, 0.6) is 0 Å². The van der Waals surface area contributed by atoms with E-state index in [-0.39, 0.29) is 0 Å². The predicted molar refractivity (Wildman–Crippen MR) is 123 cm³/mol. The van der Waals surface area contributed by atoms with Crippen LogP contribution in [-0.4, -0.2) is 70.5 Å². The van der Waals surface area contributed by atoms with E-state index in [0.29, 0.717) is 25.0 Å². The number of likely N-dealkylation sites (tertiary alicyclic amines) is 1. The van der Waals surface area contributed by atoms with E-state index in [1.807, 2.05) is 0 Å². The zero-order chi connectivity index (χ0) is 21.5. The number of aliphatic hydroxyl groups excluding tert-OH is 1. The lowest BCUT2D eigenvalue weighted by Gasteiger charge is -2.33. The van der Waals surface area contributed by atoms with Gasteiger partial charge in [-0.2, -0.15) is 5.10 Å². The summed E-state index contributed by atoms with van der Waals surface area (Å²) in [6, 6.07) is 8.80. The van der Waals surface area contributed by atoms with Gasteiger partial charge in [-0.3, -0.25) is 5.10 Å². The van der Waals surface area contributed by atoms with Crippen LogP contribution in [0.3, 0.4) is 0 Å². The zero-order valence-corrected chi connectivity index (χ0v) is 18.5. The number of nitrogens with zero attached hydrogens (tertiary/aromatic N) is 5. The summed E-state index contributed by atoms with van der Waals surface area (Å²) in [7, 11) is 0. The normalized spacial score (nSPS) is 19.1. The molecule has 0 bridgehead atoms. The minimum absolute atomic E-state index is 0.316. The maximum absolute atomic E-state index is 9.33. The molecule has 2 aliphatic heterocycles. The number of benzene rings is 1. The molecular weight excluding hydrogens is 390 g/mol. The summed E-state index contributed by atoms with van der Waals surface area (Å²) in [6.07, 6.45) is 5.85. The number of nitrogens with one attached hydrogen (secondary N) is 2. The molecule has 168 valence electrons. The highest BCUT2D eigenvalue weighted by atomic mass is 16.3. The average molecular weight is 426 g/mol. The van der Waals surface area contributed by atoms with Crippen LogP contribution in [0, 0.1) is 5.92 Å². The lowest BCUT2D eigenvalue weighted by atomic mass is 9.96. The molecule has 3 N–H and O–H groups in total. The number of aromatic nitrogens is 3. The fourth-order valence-corrected chi connectivity index (χ4v) is 4.55. The van der Waals surface area contributed by atoms with E-state index in [1.165, 1.54) is 11.3 Å². The van der Waals surface area contributed by atoms with E-state index in [0.717, 1.165) is 70.2 Å². The van der Waals surface area contributed by atoms with Gasteiger partial charge >= 0.3 is 0 Å². The molecule has 2 aliphatic rings. The zero-order valence-electron chi connectivity index (χ0n) is 18.5. The van der Waals surface area contributed by atoms with Gasteiger partial charge in [-0.05, 0) is 56.2 Å². The first-order valence-electron chi connectivity index (χ1n) is 11.6. The largest absolute Gasteiger partial charge is 0.396 e. The molecule has 8 nitrogen and oxygen atoms in total. The smallest absolute Gasteiger partial charge is 0.194 e. The Bertz CT molecular complexity index is 805. The molecule has 8 heteroatoms. The van der Waals surface area contributed by atoms with Crippen molar-refractivity contribution >= 4 is 11.6 Å². The quantitative estimate of drug-likeness (QED) is 0.486. The molecule has 0 unspecified atom stereocenters. The number of piperidine rings is 2. The fraction of sp³-hybridized carbons (Fsp3) is 0.609. The third-order valence-corrected chi connectivity index (χ3v) is 6.54. The maximum atomic E-state index is 9.33. The van der Waals surface area contributed by atoms with Gasteiger partial charge < -0.3 is 20.2 Å². The summed E-state index contributed by atoms with van der Waals surface area (Å²) in [5.41, 5.74) is 2.49. The van der Waals surface area contributed by atoms with Gasteiger partial charge in [-0.15, -0.1) is 0 Å². The number of anilines is 1. The maximum Gasteiger partial charge on any atom is 0.194 e. The van der Waals surface area contributed by atoms with Crippen molar-refractivity contribution in [3.05, 3.63) is 42.0 Å². The first-order chi connectivity index (χ1) is 15.3. The number of guanidine groups is 1. The van der Waals surface area contributed by atoms with Gasteiger partial charge in [0.05, 0.1) is 6.54 Å². The summed E-state index contributed by atoms with van der Waals surface area (Å²) < 4.78 is 0. The fourth-order valence-electron chi connectivity index (χ4n) is 4.55. The van der Waals surface area contributed by atoms with Crippen LogP contribution in [0.15, 0.2) is 35.6 Å². The second-order valence-electron chi connectivity index (χ2n) is 8.58. The Hall–Kier alpha value is -2.61. The van der Waals surface area contributed by atoms with Crippen molar-refractivity contribution in [2.24, 2.45) is 10.9 Å². The molecule has 2 aromatic rings. The molecular formula is C23H35N7O. The van der Waals surface area contributed by atoms with Gasteiger partial charge in [-0.1, -0.05) is 12.1 Å². The molecule has 31 heavy (non-hydrogen) atoms. The third-order valence-electron chi connectivity index (χ3n) is 6.54. The summed E-state index contributed by atoms with van der Waals surface area (Å²) in [5.74, 6) is 2.92. The Morgan fingerprint density at radius 2 is 1.87 bits per heavy atom. The van der Waals surface area contributed by atoms with Gasteiger partial charge in [0.25, 0.3) is 0 Å². The lowest BCUT2D eigenvalue weighted by Crippen LogP contribution is -2.45. The molecule has 0 radical (unpaired) electrons. The van der Waals surface area contributed by atoms with Crippen molar-refractivity contribution in [2.45, 2.75) is 45.1 Å². The van der Waals surface area contributed by atoms with Gasteiger partial charge in [0.15, 0.2) is 5.96 Å². The molecule has 0 amide bonds. The van der Waals surface area contributed by atoms with Gasteiger partial charge in [0.2, 0.25) is 0 Å². The number of hydrogen-bond donors (Lipinski definition) is 3. The Morgan fingerprint density at radius 3 is 2.48 bits per heavy atom. The average Bonchev–Trinajstić information content (AvgIpc) is 3.37. The second-order valence-corrected chi connectivity index (χ2v) is 8.58. The second kappa shape index (κ2) is 10.6. The number of aliphatic hydroxyl groups is 1. The Kier molecular flexibility index (Phi) is 7.40. The molecule has 0 saturated carbocycles. The minimum Gasteiger partial charge on any atom is -0.396 e. The number of hydrogen-bond acceptors (Lipinski definition) is 5. The Labute approximate surface area is 184 Å². The monoisotopic (exact) mass is 425 g/mol. The van der Waals surface area contributed by atoms with Crippen molar-refractivity contribution in [1.29, 1.82) is 0 Å². The molecule has 4 rings (SSSR count). The summed E-state index contributed by atoms with van der Waals surface area (Å²) in [4.78, 5) is 14.0. The van der Waals surface area contributed by atoms with E-state index >= 15 is 0 Å². The molecule has 1 aromatic carbocycles. The molecule has 2 saturated heterocycles. The van der Waals surface area contributed by atoms with Crippen molar-refractivity contribution in [1.82, 2.24) is 25.4 Å². The van der Waals surface area contributed by atoms with Crippen LogP contribution in [0.4, 0.5) is 5.69 Å². The van der Waals surface area contributed by atoms with Crippen molar-refractivity contribution in [3.8, 4) is 0 Å². The SMILES string of the molecule is CCNC(=NCc1ccc(N2CCC(CO)CC2)cc1)N1CCC(c2ncn[nH]2)CC1. The van der Waals surface area contributed by atoms with E-state index in [9.17, 15) is 5.11 Å². The van der Waals surface area contributed by atoms with Crippen molar-refractivity contribution < 1.29 is 5.11 Å². The van der Waals surface area contributed by atoms with Crippen molar-refractivity contribution in [2.75, 3.05) is 44.2 Å². The topological polar surface area (TPSA) is 92.7 Å². The predicted octanol–water partition coefficient (Wildman–Crippen LogP) is 2.36.